The van der Waals surface area contributed by atoms with E-state index in [2.05, 4.69) is 26.1 Å². The number of anilines is 1. The van der Waals surface area contributed by atoms with Crippen molar-refractivity contribution in [3.05, 3.63) is 59.1 Å². The van der Waals surface area contributed by atoms with Gasteiger partial charge in [-0.15, -0.1) is 0 Å². The molecule has 0 spiro atoms. The molecule has 1 unspecified atom stereocenters. The number of carbonyl (C=O) groups is 2. The Labute approximate surface area is 196 Å². The molecule has 2 saturated heterocycles. The van der Waals surface area contributed by atoms with E-state index >= 15 is 0 Å². The largest absolute Gasteiger partial charge is 0.368 e. The molecule has 8 nitrogen and oxygen atoms in total. The normalized spacial score (nSPS) is 20.2. The number of carbonyl (C=O) groups excluding carboxylic acids is 2. The molecule has 2 heterocycles. The van der Waals surface area contributed by atoms with Crippen LogP contribution in [0.1, 0.15) is 6.42 Å². The zero-order valence-corrected chi connectivity index (χ0v) is 19.9. The number of nitrogens with zero attached hydrogens (tertiary/aromatic N) is 3. The lowest BCUT2D eigenvalue weighted by Crippen LogP contribution is -2.59. The number of halogens is 1. The van der Waals surface area contributed by atoms with Crippen molar-refractivity contribution in [2.24, 2.45) is 0 Å². The number of benzene rings is 2. The van der Waals surface area contributed by atoms with E-state index in [1.54, 1.807) is 17.0 Å². The number of hydrogen-bond donors (Lipinski definition) is 1. The average Bonchev–Trinajstić information content (AvgIpc) is 2.81. The first-order valence-electron chi connectivity index (χ1n) is 10.5. The number of piperazine rings is 2. The molecule has 1 N–H and O–H groups in total. The predicted octanol–water partition coefficient (Wildman–Crippen LogP) is 1.68. The molecule has 2 aromatic carbocycles. The molecule has 0 radical (unpaired) electrons. The Morgan fingerprint density at radius 3 is 2.28 bits per heavy atom. The van der Waals surface area contributed by atoms with Crippen LogP contribution < -0.4 is 10.2 Å². The third-order valence-electron chi connectivity index (χ3n) is 5.82. The molecule has 10 heteroatoms. The van der Waals surface area contributed by atoms with Crippen LogP contribution in [0.15, 0.2) is 64.0 Å². The molecule has 170 valence electrons. The van der Waals surface area contributed by atoms with E-state index in [9.17, 15) is 18.0 Å². The van der Waals surface area contributed by atoms with E-state index in [4.69, 9.17) is 0 Å². The fraction of sp³-hybridized carbons (Fsp3) is 0.364. The molecular weight excluding hydrogens is 496 g/mol. The zero-order valence-electron chi connectivity index (χ0n) is 17.5. The van der Waals surface area contributed by atoms with Crippen molar-refractivity contribution in [2.45, 2.75) is 17.4 Å². The number of rotatable bonds is 5. The van der Waals surface area contributed by atoms with Gasteiger partial charge in [-0.1, -0.05) is 34.1 Å². The summed E-state index contributed by atoms with van der Waals surface area (Å²) < 4.78 is 28.3. The number of amides is 2. The molecule has 4 rings (SSSR count). The number of sulfonamides is 1. The SMILES string of the molecule is O=C1NCCN(S(=O)(=O)c2ccc(Br)cc2)C1CC(=O)N1CCN(c2ccccc2)CC1. The molecule has 32 heavy (non-hydrogen) atoms. The van der Waals surface area contributed by atoms with Crippen molar-refractivity contribution in [1.82, 2.24) is 14.5 Å². The summed E-state index contributed by atoms with van der Waals surface area (Å²) in [6.07, 6.45) is -0.174. The molecule has 2 aromatic rings. The molecular formula is C22H25BrN4O4S. The topological polar surface area (TPSA) is 90.0 Å². The van der Waals surface area contributed by atoms with Gasteiger partial charge in [0.15, 0.2) is 0 Å². The van der Waals surface area contributed by atoms with Gasteiger partial charge in [0.1, 0.15) is 6.04 Å². The van der Waals surface area contributed by atoms with E-state index in [0.717, 1.165) is 14.5 Å². The highest BCUT2D eigenvalue weighted by Crippen LogP contribution is 2.24. The van der Waals surface area contributed by atoms with Crippen LogP contribution in [0.3, 0.4) is 0 Å². The summed E-state index contributed by atoms with van der Waals surface area (Å²) in [6.45, 7) is 2.78. The van der Waals surface area contributed by atoms with Crippen LogP contribution in [-0.4, -0.2) is 74.7 Å². The Hall–Kier alpha value is -2.43. The Bertz CT molecular complexity index is 1070. The minimum atomic E-state index is -3.91. The quantitative estimate of drug-likeness (QED) is 0.647. The molecule has 2 amide bonds. The number of para-hydroxylation sites is 1. The van der Waals surface area contributed by atoms with Gasteiger partial charge in [0.25, 0.3) is 0 Å². The molecule has 2 aliphatic rings. The Kier molecular flexibility index (Phi) is 6.82. The molecule has 2 aliphatic heterocycles. The third kappa shape index (κ3) is 4.82. The zero-order chi connectivity index (χ0) is 22.7. The molecule has 0 aliphatic carbocycles. The Morgan fingerprint density at radius 1 is 0.969 bits per heavy atom. The fourth-order valence-corrected chi connectivity index (χ4v) is 5.92. The van der Waals surface area contributed by atoms with E-state index < -0.39 is 22.0 Å². The lowest BCUT2D eigenvalue weighted by Gasteiger charge is -2.38. The smallest absolute Gasteiger partial charge is 0.243 e. The van der Waals surface area contributed by atoms with Crippen molar-refractivity contribution < 1.29 is 18.0 Å². The van der Waals surface area contributed by atoms with E-state index in [1.165, 1.54) is 12.1 Å². The van der Waals surface area contributed by atoms with E-state index in [0.29, 0.717) is 26.2 Å². The summed E-state index contributed by atoms with van der Waals surface area (Å²) in [6, 6.07) is 15.2. The van der Waals surface area contributed by atoms with Crippen molar-refractivity contribution in [3.63, 3.8) is 0 Å². The van der Waals surface area contributed by atoms with Gasteiger partial charge in [0, 0.05) is 49.4 Å². The predicted molar refractivity (Wildman–Crippen MR) is 125 cm³/mol. The maximum atomic E-state index is 13.2. The highest BCUT2D eigenvalue weighted by Gasteiger charge is 2.40. The van der Waals surface area contributed by atoms with Gasteiger partial charge in [0.2, 0.25) is 21.8 Å². The molecule has 0 bridgehead atoms. The summed E-state index contributed by atoms with van der Waals surface area (Å²) in [7, 11) is -3.91. The first kappa shape index (κ1) is 22.8. The van der Waals surface area contributed by atoms with Crippen LogP contribution in [0.4, 0.5) is 5.69 Å². The van der Waals surface area contributed by atoms with Crippen molar-refractivity contribution >= 4 is 43.5 Å². The minimum Gasteiger partial charge on any atom is -0.368 e. The van der Waals surface area contributed by atoms with Crippen LogP contribution in [0.2, 0.25) is 0 Å². The summed E-state index contributed by atoms with van der Waals surface area (Å²) in [5.74, 6) is -0.649. The van der Waals surface area contributed by atoms with Crippen LogP contribution in [-0.2, 0) is 19.6 Å². The van der Waals surface area contributed by atoms with Gasteiger partial charge >= 0.3 is 0 Å². The second kappa shape index (κ2) is 9.60. The van der Waals surface area contributed by atoms with Gasteiger partial charge in [-0.05, 0) is 36.4 Å². The second-order valence-corrected chi connectivity index (χ2v) is 10.6. The highest BCUT2D eigenvalue weighted by molar-refractivity contribution is 9.10. The van der Waals surface area contributed by atoms with Crippen molar-refractivity contribution in [2.75, 3.05) is 44.2 Å². The van der Waals surface area contributed by atoms with Gasteiger partial charge < -0.3 is 15.1 Å². The summed E-state index contributed by atoms with van der Waals surface area (Å²) in [5, 5.41) is 2.70. The second-order valence-electron chi connectivity index (χ2n) is 7.78. The summed E-state index contributed by atoms with van der Waals surface area (Å²) in [5.41, 5.74) is 1.11. The number of nitrogens with one attached hydrogen (secondary N) is 1. The van der Waals surface area contributed by atoms with Gasteiger partial charge in [-0.2, -0.15) is 4.31 Å². The Balaban J connectivity index is 1.45. The van der Waals surface area contributed by atoms with Crippen molar-refractivity contribution in [3.8, 4) is 0 Å². The van der Waals surface area contributed by atoms with E-state index in [-0.39, 0.29) is 30.3 Å². The Morgan fingerprint density at radius 2 is 1.62 bits per heavy atom. The summed E-state index contributed by atoms with van der Waals surface area (Å²) in [4.78, 5) is 29.6. The molecule has 1 atom stereocenters. The first-order valence-corrected chi connectivity index (χ1v) is 12.7. The number of hydrogen-bond acceptors (Lipinski definition) is 5. The van der Waals surface area contributed by atoms with Gasteiger partial charge in [-0.3, -0.25) is 9.59 Å². The lowest BCUT2D eigenvalue weighted by atomic mass is 10.1. The maximum absolute atomic E-state index is 13.2. The maximum Gasteiger partial charge on any atom is 0.243 e. The van der Waals surface area contributed by atoms with Crippen molar-refractivity contribution in [1.29, 1.82) is 0 Å². The van der Waals surface area contributed by atoms with Gasteiger partial charge in [0.05, 0.1) is 11.3 Å². The van der Waals surface area contributed by atoms with Gasteiger partial charge in [-0.25, -0.2) is 8.42 Å². The van der Waals surface area contributed by atoms with Crippen LogP contribution in [0.25, 0.3) is 0 Å². The monoisotopic (exact) mass is 520 g/mol. The van der Waals surface area contributed by atoms with E-state index in [1.807, 2.05) is 30.3 Å². The average molecular weight is 521 g/mol. The fourth-order valence-electron chi connectivity index (χ4n) is 4.07. The minimum absolute atomic E-state index is 0.101. The third-order valence-corrected chi connectivity index (χ3v) is 8.27. The molecule has 0 saturated carbocycles. The standard InChI is InChI=1S/C22H25BrN4O4S/c23-17-6-8-19(9-7-17)32(30,31)27-11-10-24-22(29)20(27)16-21(28)26-14-12-25(13-15-26)18-4-2-1-3-5-18/h1-9,20H,10-16H2,(H,24,29). The highest BCUT2D eigenvalue weighted by atomic mass is 79.9. The first-order chi connectivity index (χ1) is 15.4. The van der Waals surface area contributed by atoms with Crippen LogP contribution in [0, 0.1) is 0 Å². The molecule has 0 aromatic heterocycles. The van der Waals surface area contributed by atoms with Crippen LogP contribution in [0.5, 0.6) is 0 Å². The lowest BCUT2D eigenvalue weighted by molar-refractivity contribution is -0.137. The molecule has 2 fully saturated rings. The summed E-state index contributed by atoms with van der Waals surface area (Å²) >= 11 is 3.30. The van der Waals surface area contributed by atoms with Crippen LogP contribution >= 0.6 is 15.9 Å².